The van der Waals surface area contributed by atoms with Crippen molar-refractivity contribution in [1.82, 2.24) is 10.2 Å². The first kappa shape index (κ1) is 9.39. The molecule has 0 amide bonds. The molecule has 15 heavy (non-hydrogen) atoms. The number of H-pyrrole nitrogens is 1. The smallest absolute Gasteiger partial charge is 0.359 e. The zero-order valence-corrected chi connectivity index (χ0v) is 7.98. The molecule has 0 aliphatic carbocycles. The maximum Gasteiger partial charge on any atom is 0.359 e. The molecule has 0 radical (unpaired) electrons. The van der Waals surface area contributed by atoms with Crippen LogP contribution in [0.5, 0.6) is 0 Å². The number of rotatable bonds is 2. The number of nitrogens with zero attached hydrogens (tertiary/aromatic N) is 1. The molecule has 0 aliphatic heterocycles. The first-order valence-electron chi connectivity index (χ1n) is 4.28. The number of benzene rings is 1. The molecule has 1 N–H and O–H groups in total. The predicted molar refractivity (Wildman–Crippen MR) is 52.8 cm³/mol. The summed E-state index contributed by atoms with van der Waals surface area (Å²) in [6.07, 6.45) is 0.734. The van der Waals surface area contributed by atoms with E-state index in [4.69, 9.17) is 0 Å². The van der Waals surface area contributed by atoms with Crippen molar-refractivity contribution < 1.29 is 14.3 Å². The van der Waals surface area contributed by atoms with E-state index in [2.05, 4.69) is 14.9 Å². The lowest BCUT2D eigenvalue weighted by molar-refractivity contribution is 0.0596. The summed E-state index contributed by atoms with van der Waals surface area (Å²) in [4.78, 5) is 21.8. The molecule has 2 aromatic rings. The number of fused-ring (bicyclic) bond motifs is 1. The summed E-state index contributed by atoms with van der Waals surface area (Å²) in [7, 11) is 1.29. The van der Waals surface area contributed by atoms with Crippen molar-refractivity contribution in [2.75, 3.05) is 7.11 Å². The Labute approximate surface area is 85.0 Å². The van der Waals surface area contributed by atoms with E-state index in [-0.39, 0.29) is 5.69 Å². The second-order valence-corrected chi connectivity index (χ2v) is 2.99. The molecular weight excluding hydrogens is 196 g/mol. The third-order valence-electron chi connectivity index (χ3n) is 2.10. The Bertz CT molecular complexity index is 530. The van der Waals surface area contributed by atoms with Gasteiger partial charge in [-0.1, -0.05) is 6.07 Å². The van der Waals surface area contributed by atoms with Gasteiger partial charge in [-0.05, 0) is 12.1 Å². The molecule has 5 heteroatoms. The molecule has 0 saturated carbocycles. The van der Waals surface area contributed by atoms with Crippen LogP contribution in [-0.2, 0) is 4.74 Å². The van der Waals surface area contributed by atoms with Crippen LogP contribution < -0.4 is 0 Å². The number of hydrogen-bond donors (Lipinski definition) is 1. The first-order chi connectivity index (χ1) is 7.26. The van der Waals surface area contributed by atoms with Gasteiger partial charge in [-0.25, -0.2) is 4.79 Å². The summed E-state index contributed by atoms with van der Waals surface area (Å²) < 4.78 is 4.57. The average molecular weight is 204 g/mol. The molecule has 76 valence electrons. The fourth-order valence-electron chi connectivity index (χ4n) is 1.36. The normalized spacial score (nSPS) is 10.2. The van der Waals surface area contributed by atoms with Gasteiger partial charge in [-0.3, -0.25) is 9.89 Å². The molecule has 1 aromatic heterocycles. The zero-order chi connectivity index (χ0) is 10.8. The van der Waals surface area contributed by atoms with Gasteiger partial charge in [0.05, 0.1) is 12.6 Å². The van der Waals surface area contributed by atoms with Crippen molar-refractivity contribution in [2.24, 2.45) is 0 Å². The van der Waals surface area contributed by atoms with Gasteiger partial charge in [0.1, 0.15) is 6.29 Å². The second-order valence-electron chi connectivity index (χ2n) is 2.99. The summed E-state index contributed by atoms with van der Waals surface area (Å²) in [5.74, 6) is -0.500. The van der Waals surface area contributed by atoms with Crippen LogP contribution in [0.3, 0.4) is 0 Å². The largest absolute Gasteiger partial charge is 0.464 e. The fourth-order valence-corrected chi connectivity index (χ4v) is 1.36. The number of nitrogens with one attached hydrogen (secondary N) is 1. The van der Waals surface area contributed by atoms with E-state index in [1.807, 2.05) is 0 Å². The molecule has 0 aliphatic rings. The molecular formula is C10H8N2O3. The van der Waals surface area contributed by atoms with Crippen LogP contribution >= 0.6 is 0 Å². The van der Waals surface area contributed by atoms with Gasteiger partial charge in [0, 0.05) is 10.9 Å². The Kier molecular flexibility index (Phi) is 2.21. The summed E-state index contributed by atoms with van der Waals surface area (Å²) in [6, 6.07) is 4.91. The van der Waals surface area contributed by atoms with Crippen LogP contribution in [0.1, 0.15) is 20.8 Å². The lowest BCUT2D eigenvalue weighted by Crippen LogP contribution is -2.01. The van der Waals surface area contributed by atoms with Crippen LogP contribution in [0.2, 0.25) is 0 Å². The Hall–Kier alpha value is -2.17. The molecule has 0 saturated heterocycles. The van der Waals surface area contributed by atoms with Gasteiger partial charge in [-0.15, -0.1) is 0 Å². The number of hydrogen-bond acceptors (Lipinski definition) is 4. The monoisotopic (exact) mass is 204 g/mol. The van der Waals surface area contributed by atoms with E-state index in [1.165, 1.54) is 7.11 Å². The van der Waals surface area contributed by atoms with Gasteiger partial charge in [-0.2, -0.15) is 5.10 Å². The average Bonchev–Trinajstić information content (AvgIpc) is 2.70. The van der Waals surface area contributed by atoms with Gasteiger partial charge in [0.15, 0.2) is 5.69 Å². The molecule has 0 unspecified atom stereocenters. The topological polar surface area (TPSA) is 72.0 Å². The molecule has 0 fully saturated rings. The minimum Gasteiger partial charge on any atom is -0.464 e. The summed E-state index contributed by atoms with van der Waals surface area (Å²) in [6.45, 7) is 0. The van der Waals surface area contributed by atoms with E-state index < -0.39 is 5.97 Å². The van der Waals surface area contributed by atoms with Gasteiger partial charge in [0.25, 0.3) is 0 Å². The molecule has 5 nitrogen and oxygen atoms in total. The Morgan fingerprint density at radius 1 is 1.53 bits per heavy atom. The lowest BCUT2D eigenvalue weighted by atomic mass is 10.1. The van der Waals surface area contributed by atoms with E-state index in [0.717, 1.165) is 6.29 Å². The number of aromatic amines is 1. The molecule has 0 spiro atoms. The van der Waals surface area contributed by atoms with E-state index in [1.54, 1.807) is 18.2 Å². The SMILES string of the molecule is COC(=O)c1n[nH]c2cc(C=O)ccc12. The molecule has 2 rings (SSSR count). The van der Waals surface area contributed by atoms with Crippen LogP contribution in [0.4, 0.5) is 0 Å². The van der Waals surface area contributed by atoms with Crippen LogP contribution in [0.15, 0.2) is 18.2 Å². The van der Waals surface area contributed by atoms with Crippen molar-refractivity contribution in [1.29, 1.82) is 0 Å². The van der Waals surface area contributed by atoms with Gasteiger partial charge < -0.3 is 4.74 Å². The van der Waals surface area contributed by atoms with Gasteiger partial charge in [0.2, 0.25) is 0 Å². The number of carbonyl (C=O) groups excluding carboxylic acids is 2. The summed E-state index contributed by atoms with van der Waals surface area (Å²) >= 11 is 0. The highest BCUT2D eigenvalue weighted by Gasteiger charge is 2.14. The summed E-state index contributed by atoms with van der Waals surface area (Å²) in [5, 5.41) is 7.14. The molecule has 1 aromatic carbocycles. The minimum atomic E-state index is -0.500. The summed E-state index contributed by atoms with van der Waals surface area (Å²) in [5.41, 5.74) is 1.40. The number of methoxy groups -OCH3 is 1. The first-order valence-corrected chi connectivity index (χ1v) is 4.28. The van der Waals surface area contributed by atoms with Crippen molar-refractivity contribution in [3.05, 3.63) is 29.5 Å². The quantitative estimate of drug-likeness (QED) is 0.588. The Balaban J connectivity index is 2.61. The predicted octanol–water partition coefficient (Wildman–Crippen LogP) is 1.16. The van der Waals surface area contributed by atoms with Crippen molar-refractivity contribution in [3.63, 3.8) is 0 Å². The minimum absolute atomic E-state index is 0.227. The third kappa shape index (κ3) is 1.48. The van der Waals surface area contributed by atoms with Crippen molar-refractivity contribution >= 4 is 23.2 Å². The molecule has 0 bridgehead atoms. The second kappa shape index (κ2) is 3.53. The molecule has 0 atom stereocenters. The fraction of sp³-hybridized carbons (Fsp3) is 0.100. The third-order valence-corrected chi connectivity index (χ3v) is 2.10. The van der Waals surface area contributed by atoms with Crippen LogP contribution in [0, 0.1) is 0 Å². The highest BCUT2D eigenvalue weighted by atomic mass is 16.5. The highest BCUT2D eigenvalue weighted by Crippen LogP contribution is 2.17. The number of aldehydes is 1. The van der Waals surface area contributed by atoms with Gasteiger partial charge >= 0.3 is 5.97 Å². The zero-order valence-electron chi connectivity index (χ0n) is 7.98. The lowest BCUT2D eigenvalue weighted by Gasteiger charge is -1.94. The van der Waals surface area contributed by atoms with E-state index in [0.29, 0.717) is 16.5 Å². The number of ether oxygens (including phenoxy) is 1. The number of aromatic nitrogens is 2. The van der Waals surface area contributed by atoms with Crippen LogP contribution in [-0.4, -0.2) is 29.6 Å². The van der Waals surface area contributed by atoms with E-state index >= 15 is 0 Å². The molecule has 1 heterocycles. The van der Waals surface area contributed by atoms with Crippen LogP contribution in [0.25, 0.3) is 10.9 Å². The van der Waals surface area contributed by atoms with Crippen molar-refractivity contribution in [3.8, 4) is 0 Å². The standard InChI is InChI=1S/C10H8N2O3/c1-15-10(14)9-7-3-2-6(5-13)4-8(7)11-12-9/h2-5H,1H3,(H,11,12). The highest BCUT2D eigenvalue weighted by molar-refractivity contribution is 6.02. The van der Waals surface area contributed by atoms with Crippen molar-refractivity contribution in [2.45, 2.75) is 0 Å². The number of carbonyl (C=O) groups is 2. The van der Waals surface area contributed by atoms with E-state index in [9.17, 15) is 9.59 Å². The maximum absolute atomic E-state index is 11.3. The Morgan fingerprint density at radius 3 is 3.00 bits per heavy atom. The maximum atomic E-state index is 11.3. The Morgan fingerprint density at radius 2 is 2.33 bits per heavy atom. The number of esters is 1.